The van der Waals surface area contributed by atoms with Crippen LogP contribution in [-0.2, 0) is 0 Å². The number of pyridine rings is 1. The number of carbonyl (C=O) groups excluding carboxylic acids is 1. The average Bonchev–Trinajstić information content (AvgIpc) is 3.11. The lowest BCUT2D eigenvalue weighted by Crippen LogP contribution is -2.10. The third kappa shape index (κ3) is 2.47. The van der Waals surface area contributed by atoms with Crippen molar-refractivity contribution < 1.29 is 9.21 Å². The molecular weight excluding hydrogens is 310 g/mol. The standard InChI is InChI=1S/C17H13N3O2S/c1-9-4-3-5-14-15(9)19-17(23-14)20-16(21)13-8-11-12(22-13)7-6-10(2)18-11/h3-8H,1-2H3,(H,19,20,21). The quantitative estimate of drug-likeness (QED) is 0.597. The predicted octanol–water partition coefficient (Wildman–Crippen LogP) is 4.31. The van der Waals surface area contributed by atoms with Crippen molar-refractivity contribution in [2.24, 2.45) is 0 Å². The third-order valence-corrected chi connectivity index (χ3v) is 4.51. The van der Waals surface area contributed by atoms with Crippen LogP contribution in [0.2, 0.25) is 0 Å². The first-order valence-electron chi connectivity index (χ1n) is 7.15. The maximum absolute atomic E-state index is 12.4. The van der Waals surface area contributed by atoms with E-state index in [1.165, 1.54) is 11.3 Å². The molecule has 0 saturated heterocycles. The van der Waals surface area contributed by atoms with Crippen LogP contribution in [0.1, 0.15) is 21.8 Å². The van der Waals surface area contributed by atoms with Crippen LogP contribution in [0.15, 0.2) is 40.8 Å². The van der Waals surface area contributed by atoms with Crippen LogP contribution in [0.3, 0.4) is 0 Å². The molecule has 4 rings (SSSR count). The van der Waals surface area contributed by atoms with Gasteiger partial charge in [-0.3, -0.25) is 10.1 Å². The number of amides is 1. The van der Waals surface area contributed by atoms with Gasteiger partial charge in [-0.2, -0.15) is 0 Å². The zero-order chi connectivity index (χ0) is 16.0. The Morgan fingerprint density at radius 1 is 1.17 bits per heavy atom. The van der Waals surface area contributed by atoms with Gasteiger partial charge in [0.2, 0.25) is 0 Å². The van der Waals surface area contributed by atoms with Gasteiger partial charge in [-0.25, -0.2) is 9.97 Å². The zero-order valence-electron chi connectivity index (χ0n) is 12.6. The molecule has 0 unspecified atom stereocenters. The van der Waals surface area contributed by atoms with E-state index in [4.69, 9.17) is 4.42 Å². The second-order valence-corrected chi connectivity index (χ2v) is 6.37. The molecule has 1 aromatic carbocycles. The Kier molecular flexibility index (Phi) is 3.12. The van der Waals surface area contributed by atoms with Gasteiger partial charge in [0.1, 0.15) is 5.52 Å². The molecule has 0 aliphatic rings. The summed E-state index contributed by atoms with van der Waals surface area (Å²) in [4.78, 5) is 21.2. The molecule has 0 aliphatic carbocycles. The number of fused-ring (bicyclic) bond motifs is 2. The van der Waals surface area contributed by atoms with Crippen molar-refractivity contribution in [3.8, 4) is 0 Å². The predicted molar refractivity (Wildman–Crippen MR) is 91.1 cm³/mol. The van der Waals surface area contributed by atoms with E-state index >= 15 is 0 Å². The minimum atomic E-state index is -0.322. The van der Waals surface area contributed by atoms with Crippen LogP contribution in [0.5, 0.6) is 0 Å². The van der Waals surface area contributed by atoms with E-state index in [0.717, 1.165) is 21.5 Å². The lowest BCUT2D eigenvalue weighted by atomic mass is 10.2. The van der Waals surface area contributed by atoms with E-state index in [9.17, 15) is 4.79 Å². The topological polar surface area (TPSA) is 68.0 Å². The van der Waals surface area contributed by atoms with E-state index in [1.807, 2.05) is 44.2 Å². The number of hydrogen-bond donors (Lipinski definition) is 1. The van der Waals surface area contributed by atoms with Crippen molar-refractivity contribution >= 4 is 43.7 Å². The highest BCUT2D eigenvalue weighted by molar-refractivity contribution is 7.22. The van der Waals surface area contributed by atoms with Crippen LogP contribution >= 0.6 is 11.3 Å². The van der Waals surface area contributed by atoms with Crippen molar-refractivity contribution in [1.29, 1.82) is 0 Å². The molecule has 4 aromatic rings. The first-order valence-corrected chi connectivity index (χ1v) is 7.96. The molecule has 0 fully saturated rings. The summed E-state index contributed by atoms with van der Waals surface area (Å²) in [5.74, 6) is -0.0913. The molecule has 1 amide bonds. The summed E-state index contributed by atoms with van der Waals surface area (Å²) in [7, 11) is 0. The Bertz CT molecular complexity index is 1050. The lowest BCUT2D eigenvalue weighted by Gasteiger charge is -1.96. The number of nitrogens with zero attached hydrogens (tertiary/aromatic N) is 2. The highest BCUT2D eigenvalue weighted by Crippen LogP contribution is 2.28. The summed E-state index contributed by atoms with van der Waals surface area (Å²) in [6.45, 7) is 3.90. The molecule has 0 saturated carbocycles. The number of nitrogens with one attached hydrogen (secondary N) is 1. The van der Waals surface area contributed by atoms with Gasteiger partial charge in [-0.05, 0) is 37.6 Å². The second-order valence-electron chi connectivity index (χ2n) is 5.34. The average molecular weight is 323 g/mol. The minimum absolute atomic E-state index is 0.231. The Morgan fingerprint density at radius 3 is 2.87 bits per heavy atom. The molecule has 23 heavy (non-hydrogen) atoms. The van der Waals surface area contributed by atoms with E-state index in [-0.39, 0.29) is 11.7 Å². The monoisotopic (exact) mass is 323 g/mol. The Labute approximate surface area is 136 Å². The molecule has 3 heterocycles. The van der Waals surface area contributed by atoms with Crippen molar-refractivity contribution in [2.45, 2.75) is 13.8 Å². The van der Waals surface area contributed by atoms with Crippen molar-refractivity contribution in [2.75, 3.05) is 5.32 Å². The van der Waals surface area contributed by atoms with Gasteiger partial charge >= 0.3 is 0 Å². The summed E-state index contributed by atoms with van der Waals surface area (Å²) in [6.07, 6.45) is 0. The number of aromatic nitrogens is 2. The molecule has 0 spiro atoms. The van der Waals surface area contributed by atoms with Gasteiger partial charge in [0, 0.05) is 11.8 Å². The molecule has 114 valence electrons. The highest BCUT2D eigenvalue weighted by Gasteiger charge is 2.15. The van der Waals surface area contributed by atoms with Gasteiger partial charge in [-0.1, -0.05) is 23.5 Å². The summed E-state index contributed by atoms with van der Waals surface area (Å²) < 4.78 is 6.60. The largest absolute Gasteiger partial charge is 0.449 e. The van der Waals surface area contributed by atoms with E-state index in [2.05, 4.69) is 15.3 Å². The third-order valence-electron chi connectivity index (χ3n) is 3.58. The van der Waals surface area contributed by atoms with Crippen LogP contribution in [0.25, 0.3) is 21.3 Å². The van der Waals surface area contributed by atoms with E-state index < -0.39 is 0 Å². The fraction of sp³-hybridized carbons (Fsp3) is 0.118. The van der Waals surface area contributed by atoms with Crippen molar-refractivity contribution in [1.82, 2.24) is 9.97 Å². The number of anilines is 1. The summed E-state index contributed by atoms with van der Waals surface area (Å²) in [5.41, 5.74) is 4.15. The van der Waals surface area contributed by atoms with Crippen LogP contribution in [0, 0.1) is 13.8 Å². The molecule has 0 atom stereocenters. The maximum Gasteiger partial charge on any atom is 0.293 e. The molecule has 6 heteroatoms. The Balaban J connectivity index is 1.66. The van der Waals surface area contributed by atoms with Gasteiger partial charge in [0.05, 0.1) is 10.2 Å². The molecule has 3 aromatic heterocycles. The second kappa shape index (κ2) is 5.17. The number of benzene rings is 1. The van der Waals surface area contributed by atoms with Crippen molar-refractivity contribution in [3.05, 3.63) is 53.4 Å². The van der Waals surface area contributed by atoms with E-state index in [1.54, 1.807) is 6.07 Å². The highest BCUT2D eigenvalue weighted by atomic mass is 32.1. The van der Waals surface area contributed by atoms with E-state index in [0.29, 0.717) is 16.2 Å². The maximum atomic E-state index is 12.4. The molecule has 1 N–H and O–H groups in total. The number of furan rings is 1. The molecule has 0 aliphatic heterocycles. The number of rotatable bonds is 2. The SMILES string of the molecule is Cc1ccc2oc(C(=O)Nc3nc4c(C)cccc4s3)cc2n1. The first kappa shape index (κ1) is 13.9. The van der Waals surface area contributed by atoms with Crippen LogP contribution in [-0.4, -0.2) is 15.9 Å². The summed E-state index contributed by atoms with van der Waals surface area (Å²) in [5, 5.41) is 3.36. The number of para-hydroxylation sites is 1. The zero-order valence-corrected chi connectivity index (χ0v) is 13.4. The summed E-state index contributed by atoms with van der Waals surface area (Å²) in [6, 6.07) is 11.3. The molecule has 5 nitrogen and oxygen atoms in total. The van der Waals surface area contributed by atoms with Gasteiger partial charge in [0.25, 0.3) is 5.91 Å². The minimum Gasteiger partial charge on any atom is -0.449 e. The fourth-order valence-electron chi connectivity index (χ4n) is 2.44. The first-order chi connectivity index (χ1) is 11.1. The molecule has 0 radical (unpaired) electrons. The Morgan fingerprint density at radius 2 is 2.04 bits per heavy atom. The lowest BCUT2D eigenvalue weighted by molar-refractivity contribution is 0.0998. The number of hydrogen-bond acceptors (Lipinski definition) is 5. The van der Waals surface area contributed by atoms with Gasteiger partial charge in [0.15, 0.2) is 16.5 Å². The van der Waals surface area contributed by atoms with Crippen LogP contribution < -0.4 is 5.32 Å². The number of thiazole rings is 1. The molecular formula is C17H13N3O2S. The fourth-order valence-corrected chi connectivity index (χ4v) is 3.37. The smallest absolute Gasteiger partial charge is 0.293 e. The van der Waals surface area contributed by atoms with Crippen LogP contribution in [0.4, 0.5) is 5.13 Å². The summed E-state index contributed by atoms with van der Waals surface area (Å²) >= 11 is 1.44. The van der Waals surface area contributed by atoms with Gasteiger partial charge < -0.3 is 4.42 Å². The number of carbonyl (C=O) groups is 1. The Hall–Kier alpha value is -2.73. The number of aryl methyl sites for hydroxylation is 2. The van der Waals surface area contributed by atoms with Gasteiger partial charge in [-0.15, -0.1) is 0 Å². The van der Waals surface area contributed by atoms with Crippen molar-refractivity contribution in [3.63, 3.8) is 0 Å². The normalized spacial score (nSPS) is 11.2. The molecule has 0 bridgehead atoms.